The summed E-state index contributed by atoms with van der Waals surface area (Å²) >= 11 is 7.69. The van der Waals surface area contributed by atoms with Gasteiger partial charge in [-0.2, -0.15) is 0 Å². The molecule has 1 saturated heterocycles. The SMILES string of the molecule is CC1CCN(C(C)c2ccc(Cl)s2)CC1CN. The number of piperidine rings is 1. The van der Waals surface area contributed by atoms with Crippen molar-refractivity contribution in [3.05, 3.63) is 21.3 Å². The average Bonchev–Trinajstić information content (AvgIpc) is 2.75. The van der Waals surface area contributed by atoms with Crippen LogP contribution in [0.2, 0.25) is 4.34 Å². The topological polar surface area (TPSA) is 29.3 Å². The van der Waals surface area contributed by atoms with Gasteiger partial charge in [-0.25, -0.2) is 0 Å². The van der Waals surface area contributed by atoms with E-state index in [1.807, 2.05) is 6.07 Å². The lowest BCUT2D eigenvalue weighted by Gasteiger charge is -2.39. The largest absolute Gasteiger partial charge is 0.330 e. The van der Waals surface area contributed by atoms with E-state index in [0.717, 1.165) is 23.3 Å². The molecule has 3 unspecified atom stereocenters. The second-order valence-corrected chi connectivity index (χ2v) is 6.82. The molecule has 1 aliphatic rings. The molecular formula is C13H21ClN2S. The molecule has 2 N–H and O–H groups in total. The summed E-state index contributed by atoms with van der Waals surface area (Å²) in [6.45, 7) is 7.69. The first kappa shape index (κ1) is 13.3. The second kappa shape index (κ2) is 5.70. The number of hydrogen-bond donors (Lipinski definition) is 1. The summed E-state index contributed by atoms with van der Waals surface area (Å²) < 4.78 is 0.882. The smallest absolute Gasteiger partial charge is 0.0931 e. The maximum absolute atomic E-state index is 6.00. The van der Waals surface area contributed by atoms with Gasteiger partial charge in [0.2, 0.25) is 0 Å². The molecule has 0 amide bonds. The molecule has 1 aromatic rings. The van der Waals surface area contributed by atoms with Gasteiger partial charge in [0.1, 0.15) is 0 Å². The first-order chi connectivity index (χ1) is 8.11. The van der Waals surface area contributed by atoms with E-state index in [2.05, 4.69) is 24.8 Å². The summed E-state index contributed by atoms with van der Waals surface area (Å²) in [5.74, 6) is 1.40. The third kappa shape index (κ3) is 3.02. The first-order valence-corrected chi connectivity index (χ1v) is 7.50. The maximum atomic E-state index is 6.00. The summed E-state index contributed by atoms with van der Waals surface area (Å²) in [6.07, 6.45) is 1.26. The van der Waals surface area contributed by atoms with Gasteiger partial charge in [0, 0.05) is 17.5 Å². The summed E-state index contributed by atoms with van der Waals surface area (Å²) in [5, 5.41) is 0. The van der Waals surface area contributed by atoms with Gasteiger partial charge in [-0.05, 0) is 50.4 Å². The van der Waals surface area contributed by atoms with E-state index in [1.165, 1.54) is 17.8 Å². The van der Waals surface area contributed by atoms with Gasteiger partial charge >= 0.3 is 0 Å². The summed E-state index contributed by atoms with van der Waals surface area (Å²) in [6, 6.07) is 4.60. The Labute approximate surface area is 113 Å². The van der Waals surface area contributed by atoms with Crippen LogP contribution in [0.3, 0.4) is 0 Å². The molecule has 0 aromatic carbocycles. The van der Waals surface area contributed by atoms with Crippen molar-refractivity contribution >= 4 is 22.9 Å². The molecule has 2 rings (SSSR count). The Hall–Kier alpha value is -0.0900. The predicted octanol–water partition coefficient (Wildman–Crippen LogP) is 3.38. The van der Waals surface area contributed by atoms with Crippen molar-refractivity contribution in [2.45, 2.75) is 26.3 Å². The van der Waals surface area contributed by atoms with Crippen LogP contribution in [0.25, 0.3) is 0 Å². The van der Waals surface area contributed by atoms with E-state index in [4.69, 9.17) is 17.3 Å². The molecule has 0 spiro atoms. The minimum Gasteiger partial charge on any atom is -0.330 e. The Kier molecular flexibility index (Phi) is 4.47. The summed E-state index contributed by atoms with van der Waals surface area (Å²) in [7, 11) is 0. The zero-order valence-electron chi connectivity index (χ0n) is 10.5. The molecule has 2 nitrogen and oxygen atoms in total. The quantitative estimate of drug-likeness (QED) is 0.914. The Bertz CT molecular complexity index is 366. The van der Waals surface area contributed by atoms with Gasteiger partial charge in [0.15, 0.2) is 0 Å². The molecule has 1 aromatic heterocycles. The highest BCUT2D eigenvalue weighted by Gasteiger charge is 2.28. The Morgan fingerprint density at radius 3 is 2.94 bits per heavy atom. The third-order valence-electron chi connectivity index (χ3n) is 4.00. The molecule has 0 radical (unpaired) electrons. The molecular weight excluding hydrogens is 252 g/mol. The molecule has 0 saturated carbocycles. The molecule has 17 heavy (non-hydrogen) atoms. The molecule has 0 aliphatic carbocycles. The van der Waals surface area contributed by atoms with E-state index in [0.29, 0.717) is 12.0 Å². The van der Waals surface area contributed by atoms with Crippen LogP contribution in [0.4, 0.5) is 0 Å². The zero-order chi connectivity index (χ0) is 12.4. The molecule has 2 heterocycles. The van der Waals surface area contributed by atoms with Gasteiger partial charge in [0.25, 0.3) is 0 Å². The fourth-order valence-electron chi connectivity index (χ4n) is 2.57. The van der Waals surface area contributed by atoms with E-state index in [9.17, 15) is 0 Å². The van der Waals surface area contributed by atoms with E-state index >= 15 is 0 Å². The highest BCUT2D eigenvalue weighted by molar-refractivity contribution is 7.16. The second-order valence-electron chi connectivity index (χ2n) is 5.07. The van der Waals surface area contributed by atoms with Crippen LogP contribution in [0.5, 0.6) is 0 Å². The van der Waals surface area contributed by atoms with Crippen LogP contribution >= 0.6 is 22.9 Å². The summed E-state index contributed by atoms with van der Waals surface area (Å²) in [4.78, 5) is 3.90. The van der Waals surface area contributed by atoms with Crippen LogP contribution in [0.15, 0.2) is 12.1 Å². The lowest BCUT2D eigenvalue weighted by Crippen LogP contribution is -2.43. The molecule has 3 atom stereocenters. The normalized spacial score (nSPS) is 28.2. The van der Waals surface area contributed by atoms with Gasteiger partial charge in [-0.3, -0.25) is 4.90 Å². The standard InChI is InChI=1S/C13H21ClN2S/c1-9-5-6-16(8-11(9)7-15)10(2)12-3-4-13(14)17-12/h3-4,9-11H,5-8,15H2,1-2H3. The number of nitrogens with zero attached hydrogens (tertiary/aromatic N) is 1. The van der Waals surface area contributed by atoms with Crippen LogP contribution < -0.4 is 5.73 Å². The molecule has 1 aliphatic heterocycles. The van der Waals surface area contributed by atoms with Crippen molar-refractivity contribution in [1.82, 2.24) is 4.90 Å². The maximum Gasteiger partial charge on any atom is 0.0931 e. The van der Waals surface area contributed by atoms with Crippen LogP contribution in [-0.2, 0) is 0 Å². The van der Waals surface area contributed by atoms with Crippen LogP contribution in [0, 0.1) is 11.8 Å². The van der Waals surface area contributed by atoms with Gasteiger partial charge < -0.3 is 5.73 Å². The monoisotopic (exact) mass is 272 g/mol. The van der Waals surface area contributed by atoms with Crippen molar-refractivity contribution in [3.8, 4) is 0 Å². The van der Waals surface area contributed by atoms with Gasteiger partial charge in [-0.1, -0.05) is 18.5 Å². The number of thiophene rings is 1. The van der Waals surface area contributed by atoms with E-state index < -0.39 is 0 Å². The minimum atomic E-state index is 0.467. The summed E-state index contributed by atoms with van der Waals surface area (Å²) in [5.41, 5.74) is 5.85. The number of likely N-dealkylation sites (tertiary alicyclic amines) is 1. The Morgan fingerprint density at radius 1 is 1.59 bits per heavy atom. The molecule has 0 bridgehead atoms. The molecule has 1 fully saturated rings. The lowest BCUT2D eigenvalue weighted by atomic mass is 9.86. The Morgan fingerprint density at radius 2 is 2.35 bits per heavy atom. The number of hydrogen-bond acceptors (Lipinski definition) is 3. The van der Waals surface area contributed by atoms with E-state index in [1.54, 1.807) is 11.3 Å². The first-order valence-electron chi connectivity index (χ1n) is 6.31. The van der Waals surface area contributed by atoms with E-state index in [-0.39, 0.29) is 0 Å². The minimum absolute atomic E-state index is 0.467. The fraction of sp³-hybridized carbons (Fsp3) is 0.692. The van der Waals surface area contributed by atoms with Crippen LogP contribution in [0.1, 0.15) is 31.2 Å². The zero-order valence-corrected chi connectivity index (χ0v) is 12.1. The van der Waals surface area contributed by atoms with Crippen molar-refractivity contribution in [2.75, 3.05) is 19.6 Å². The fourth-order valence-corrected chi connectivity index (χ4v) is 3.72. The number of halogens is 1. The number of nitrogens with two attached hydrogens (primary N) is 1. The van der Waals surface area contributed by atoms with Crippen molar-refractivity contribution in [1.29, 1.82) is 0 Å². The van der Waals surface area contributed by atoms with Crippen molar-refractivity contribution in [3.63, 3.8) is 0 Å². The number of rotatable bonds is 3. The molecule has 4 heteroatoms. The highest BCUT2D eigenvalue weighted by Crippen LogP contribution is 2.33. The average molecular weight is 273 g/mol. The van der Waals surface area contributed by atoms with Crippen molar-refractivity contribution in [2.24, 2.45) is 17.6 Å². The lowest BCUT2D eigenvalue weighted by molar-refractivity contribution is 0.0992. The molecule has 96 valence electrons. The van der Waals surface area contributed by atoms with Crippen LogP contribution in [-0.4, -0.2) is 24.5 Å². The predicted molar refractivity (Wildman–Crippen MR) is 75.6 cm³/mol. The van der Waals surface area contributed by atoms with Gasteiger partial charge in [0.05, 0.1) is 4.34 Å². The van der Waals surface area contributed by atoms with Crippen molar-refractivity contribution < 1.29 is 0 Å². The Balaban J connectivity index is 2.03. The highest BCUT2D eigenvalue weighted by atomic mass is 35.5. The third-order valence-corrected chi connectivity index (χ3v) is 5.40. The van der Waals surface area contributed by atoms with Gasteiger partial charge in [-0.15, -0.1) is 11.3 Å².